The Morgan fingerprint density at radius 3 is 2.96 bits per heavy atom. The molecule has 1 aliphatic rings. The number of fused-ring (bicyclic) bond motifs is 4. The lowest BCUT2D eigenvalue weighted by Crippen LogP contribution is -2.28. The van der Waals surface area contributed by atoms with Crippen LogP contribution in [0.3, 0.4) is 0 Å². The van der Waals surface area contributed by atoms with E-state index in [4.69, 9.17) is 4.74 Å². The van der Waals surface area contributed by atoms with Crippen LogP contribution in [0, 0.1) is 6.92 Å². The summed E-state index contributed by atoms with van der Waals surface area (Å²) in [6, 6.07) is 11.3. The molecule has 0 aliphatic carbocycles. The Hall–Kier alpha value is -2.59. The Morgan fingerprint density at radius 1 is 1.19 bits per heavy atom. The van der Waals surface area contributed by atoms with Crippen LogP contribution in [0.25, 0.3) is 32.6 Å². The second-order valence-electron chi connectivity index (χ2n) is 7.34. The molecular formula is C22H23N3O. The third-order valence-electron chi connectivity index (χ3n) is 5.73. The van der Waals surface area contributed by atoms with Crippen LogP contribution in [0.1, 0.15) is 18.4 Å². The molecule has 1 fully saturated rings. The zero-order valence-electron chi connectivity index (χ0n) is 15.2. The van der Waals surface area contributed by atoms with E-state index in [1.54, 1.807) is 0 Å². The van der Waals surface area contributed by atoms with Gasteiger partial charge in [-0.25, -0.2) is 0 Å². The van der Waals surface area contributed by atoms with Gasteiger partial charge >= 0.3 is 0 Å². The molecule has 26 heavy (non-hydrogen) atoms. The highest BCUT2D eigenvalue weighted by Crippen LogP contribution is 2.36. The lowest BCUT2D eigenvalue weighted by atomic mass is 10.0. The number of nitrogens with one attached hydrogen (secondary N) is 1. The Kier molecular flexibility index (Phi) is 3.61. The van der Waals surface area contributed by atoms with Gasteiger partial charge in [-0.05, 0) is 67.6 Å². The fourth-order valence-corrected chi connectivity index (χ4v) is 4.38. The number of aromatic nitrogens is 2. The highest BCUT2D eigenvalue weighted by molar-refractivity contribution is 6.14. The first-order chi connectivity index (χ1) is 12.7. The first-order valence-electron chi connectivity index (χ1n) is 9.34. The van der Waals surface area contributed by atoms with Gasteiger partial charge in [0.25, 0.3) is 0 Å². The second kappa shape index (κ2) is 5.99. The molecule has 1 aliphatic heterocycles. The SMILES string of the molecule is Cc1c2ccncc2cc2c3cc(OC[C@H]4CCCN4)ccc3n(C)c12. The maximum absolute atomic E-state index is 6.09. The van der Waals surface area contributed by atoms with E-state index in [0.29, 0.717) is 6.04 Å². The van der Waals surface area contributed by atoms with E-state index in [2.05, 4.69) is 59.2 Å². The van der Waals surface area contributed by atoms with Crippen molar-refractivity contribution < 1.29 is 4.74 Å². The van der Waals surface area contributed by atoms with Gasteiger partial charge in [-0.2, -0.15) is 0 Å². The molecule has 4 aromatic rings. The van der Waals surface area contributed by atoms with Crippen molar-refractivity contribution in [2.75, 3.05) is 13.2 Å². The Bertz CT molecular complexity index is 1120. The molecule has 3 heterocycles. The van der Waals surface area contributed by atoms with Crippen LogP contribution in [0.4, 0.5) is 0 Å². The fraction of sp³-hybridized carbons (Fsp3) is 0.318. The fourth-order valence-electron chi connectivity index (χ4n) is 4.38. The van der Waals surface area contributed by atoms with E-state index >= 15 is 0 Å². The van der Waals surface area contributed by atoms with E-state index in [1.807, 2.05) is 12.4 Å². The predicted octanol–water partition coefficient (Wildman–Crippen LogP) is 4.32. The van der Waals surface area contributed by atoms with Crippen molar-refractivity contribution in [2.24, 2.45) is 7.05 Å². The molecule has 0 unspecified atom stereocenters. The predicted molar refractivity (Wildman–Crippen MR) is 107 cm³/mol. The molecule has 5 rings (SSSR count). The number of pyridine rings is 1. The summed E-state index contributed by atoms with van der Waals surface area (Å²) in [5.41, 5.74) is 3.82. The van der Waals surface area contributed by atoms with Crippen molar-refractivity contribution >= 4 is 32.6 Å². The summed E-state index contributed by atoms with van der Waals surface area (Å²) in [4.78, 5) is 4.30. The monoisotopic (exact) mass is 345 g/mol. The minimum Gasteiger partial charge on any atom is -0.492 e. The number of hydrogen-bond acceptors (Lipinski definition) is 3. The van der Waals surface area contributed by atoms with E-state index in [1.165, 1.54) is 51.0 Å². The van der Waals surface area contributed by atoms with E-state index in [-0.39, 0.29) is 0 Å². The number of hydrogen-bond donors (Lipinski definition) is 1. The summed E-state index contributed by atoms with van der Waals surface area (Å²) >= 11 is 0. The van der Waals surface area contributed by atoms with E-state index in [0.717, 1.165) is 18.9 Å². The molecule has 1 atom stereocenters. The summed E-state index contributed by atoms with van der Waals surface area (Å²) < 4.78 is 8.38. The molecule has 0 amide bonds. The molecule has 132 valence electrons. The normalized spacial score (nSPS) is 17.5. The van der Waals surface area contributed by atoms with Gasteiger partial charge in [0.1, 0.15) is 12.4 Å². The van der Waals surface area contributed by atoms with Crippen molar-refractivity contribution in [1.29, 1.82) is 0 Å². The van der Waals surface area contributed by atoms with Crippen LogP contribution < -0.4 is 10.1 Å². The molecule has 4 heteroatoms. The van der Waals surface area contributed by atoms with Crippen molar-refractivity contribution in [3.8, 4) is 5.75 Å². The standard InChI is InChI=1S/C22H23N3O/c1-14-18-7-9-23-12-15(18)10-20-19-11-17(26-13-16-4-3-8-24-16)5-6-21(19)25(2)22(14)20/h5-7,9-12,16,24H,3-4,8,13H2,1-2H3/t16-/m1/s1. The molecule has 0 radical (unpaired) electrons. The molecular weight excluding hydrogens is 322 g/mol. The van der Waals surface area contributed by atoms with Gasteiger partial charge in [-0.3, -0.25) is 4.98 Å². The van der Waals surface area contributed by atoms with Crippen LogP contribution in [0.2, 0.25) is 0 Å². The summed E-state index contributed by atoms with van der Waals surface area (Å²) in [5, 5.41) is 8.45. The third kappa shape index (κ3) is 2.36. The third-order valence-corrected chi connectivity index (χ3v) is 5.73. The minimum absolute atomic E-state index is 0.482. The Balaban J connectivity index is 1.65. The van der Waals surface area contributed by atoms with Gasteiger partial charge in [-0.1, -0.05) is 0 Å². The molecule has 0 spiro atoms. The number of benzene rings is 2. The maximum Gasteiger partial charge on any atom is 0.120 e. The van der Waals surface area contributed by atoms with Crippen LogP contribution in [-0.2, 0) is 7.05 Å². The smallest absolute Gasteiger partial charge is 0.120 e. The Morgan fingerprint density at radius 2 is 2.12 bits per heavy atom. The molecule has 4 nitrogen and oxygen atoms in total. The van der Waals surface area contributed by atoms with E-state index in [9.17, 15) is 0 Å². The number of nitrogens with zero attached hydrogens (tertiary/aromatic N) is 2. The minimum atomic E-state index is 0.482. The molecule has 2 aromatic heterocycles. The summed E-state index contributed by atoms with van der Waals surface area (Å²) in [7, 11) is 2.15. The van der Waals surface area contributed by atoms with Gasteiger partial charge in [0.2, 0.25) is 0 Å². The van der Waals surface area contributed by atoms with Crippen LogP contribution in [0.15, 0.2) is 42.7 Å². The molecule has 0 saturated carbocycles. The van der Waals surface area contributed by atoms with Crippen LogP contribution >= 0.6 is 0 Å². The Labute approximate surface area is 152 Å². The van der Waals surface area contributed by atoms with Gasteiger partial charge < -0.3 is 14.6 Å². The molecule has 1 saturated heterocycles. The zero-order valence-corrected chi connectivity index (χ0v) is 15.2. The number of rotatable bonds is 3. The lowest BCUT2D eigenvalue weighted by Gasteiger charge is -2.12. The van der Waals surface area contributed by atoms with Crippen molar-refractivity contribution in [2.45, 2.75) is 25.8 Å². The summed E-state index contributed by atoms with van der Waals surface area (Å²) in [6.45, 7) is 4.05. The number of ether oxygens (including phenoxy) is 1. The van der Waals surface area contributed by atoms with Gasteiger partial charge in [0, 0.05) is 47.2 Å². The maximum atomic E-state index is 6.09. The number of aryl methyl sites for hydroxylation is 2. The first-order valence-corrected chi connectivity index (χ1v) is 9.34. The summed E-state index contributed by atoms with van der Waals surface area (Å²) in [5.74, 6) is 0.947. The topological polar surface area (TPSA) is 39.1 Å². The van der Waals surface area contributed by atoms with Gasteiger partial charge in [0.15, 0.2) is 0 Å². The van der Waals surface area contributed by atoms with Crippen LogP contribution in [-0.4, -0.2) is 28.7 Å². The van der Waals surface area contributed by atoms with Crippen molar-refractivity contribution in [3.63, 3.8) is 0 Å². The molecule has 2 aromatic carbocycles. The molecule has 0 bridgehead atoms. The molecule has 1 N–H and O–H groups in total. The van der Waals surface area contributed by atoms with E-state index < -0.39 is 0 Å². The van der Waals surface area contributed by atoms with Gasteiger partial charge in [-0.15, -0.1) is 0 Å². The lowest BCUT2D eigenvalue weighted by molar-refractivity contribution is 0.277. The summed E-state index contributed by atoms with van der Waals surface area (Å²) in [6.07, 6.45) is 6.27. The van der Waals surface area contributed by atoms with Gasteiger partial charge in [0.05, 0.1) is 5.52 Å². The average Bonchev–Trinajstić information content (AvgIpc) is 3.28. The van der Waals surface area contributed by atoms with Crippen molar-refractivity contribution in [3.05, 3.63) is 48.3 Å². The van der Waals surface area contributed by atoms with Crippen molar-refractivity contribution in [1.82, 2.24) is 14.9 Å². The van der Waals surface area contributed by atoms with Crippen LogP contribution in [0.5, 0.6) is 5.75 Å². The highest BCUT2D eigenvalue weighted by atomic mass is 16.5. The second-order valence-corrected chi connectivity index (χ2v) is 7.34. The highest BCUT2D eigenvalue weighted by Gasteiger charge is 2.16. The zero-order chi connectivity index (χ0) is 17.7. The first kappa shape index (κ1) is 15.6. The average molecular weight is 345 g/mol. The largest absolute Gasteiger partial charge is 0.492 e. The quantitative estimate of drug-likeness (QED) is 0.601.